The molecule has 2 aromatic carbocycles. The maximum Gasteiger partial charge on any atom is 0.214 e. The van der Waals surface area contributed by atoms with E-state index in [2.05, 4.69) is 22.1 Å². The van der Waals surface area contributed by atoms with E-state index in [-0.39, 0.29) is 5.75 Å². The first-order chi connectivity index (χ1) is 17.8. The summed E-state index contributed by atoms with van der Waals surface area (Å²) in [7, 11) is 3.85. The number of likely N-dealkylation sites (N-methyl/N-ethyl adjacent to an activating group) is 1. The Morgan fingerprint density at radius 2 is 1.81 bits per heavy atom. The van der Waals surface area contributed by atoms with Crippen molar-refractivity contribution >= 4 is 29.4 Å². The molecule has 1 saturated heterocycles. The van der Waals surface area contributed by atoms with Crippen LogP contribution in [-0.4, -0.2) is 74.8 Å². The molecule has 7 nitrogen and oxygen atoms in total. The predicted molar refractivity (Wildman–Crippen MR) is 148 cm³/mol. The van der Waals surface area contributed by atoms with Gasteiger partial charge in [0.05, 0.1) is 22.1 Å². The van der Waals surface area contributed by atoms with Gasteiger partial charge in [-0.15, -0.1) is 0 Å². The van der Waals surface area contributed by atoms with Gasteiger partial charge in [-0.1, -0.05) is 24.6 Å². The van der Waals surface area contributed by atoms with Crippen molar-refractivity contribution in [2.75, 3.05) is 63.2 Å². The molecule has 0 radical (unpaired) electrons. The number of aromatic nitrogens is 1. The van der Waals surface area contributed by atoms with Gasteiger partial charge in [0.1, 0.15) is 11.6 Å². The topological polar surface area (TPSA) is 71.9 Å². The number of hydrogen-bond acceptors (Lipinski definition) is 6. The molecule has 4 rings (SSSR count). The van der Waals surface area contributed by atoms with Crippen LogP contribution in [0.3, 0.4) is 0 Å². The zero-order valence-corrected chi connectivity index (χ0v) is 22.2. The molecular weight excluding hydrogens is 493 g/mol. The summed E-state index contributed by atoms with van der Waals surface area (Å²) in [6.07, 6.45) is 3.20. The molecule has 1 aliphatic heterocycles. The Labute approximate surface area is 222 Å². The number of anilines is 2. The zero-order chi connectivity index (χ0) is 26.5. The Hall–Kier alpha value is -3.20. The molecule has 0 aliphatic carbocycles. The molecule has 2 N–H and O–H groups in total. The lowest BCUT2D eigenvalue weighted by Gasteiger charge is -2.31. The average Bonchev–Trinajstić information content (AvgIpc) is 2.90. The molecule has 9 heteroatoms. The lowest BCUT2D eigenvalue weighted by Crippen LogP contribution is -2.44. The molecule has 0 unspecified atom stereocenters. The molecule has 0 saturated carbocycles. The minimum atomic E-state index is -0.480. The monoisotopic (exact) mass is 525 g/mol. The predicted octanol–water partition coefficient (Wildman–Crippen LogP) is 4.41. The van der Waals surface area contributed by atoms with Crippen LogP contribution in [0.2, 0.25) is 5.02 Å². The summed E-state index contributed by atoms with van der Waals surface area (Å²) >= 11 is 6.55. The third kappa shape index (κ3) is 6.04. The molecule has 2 heterocycles. The van der Waals surface area contributed by atoms with Crippen molar-refractivity contribution in [3.05, 3.63) is 59.1 Å². The summed E-state index contributed by atoms with van der Waals surface area (Å²) in [5, 5.41) is 15.0. The standard InChI is InChI=1S/C28H33ClFN5O2/c1-4-25-27(34-9-7-31-8-10-34)14-20(17-32-25)23-16-21(30)15-22(28(23)37)19-5-6-26(24(29)13-19)35(18-36)12-11-33(2)3/h5-6,13-18,31,37H,4,7-12H2,1-3H3. The molecule has 1 aliphatic rings. The van der Waals surface area contributed by atoms with Crippen LogP contribution >= 0.6 is 11.6 Å². The first kappa shape index (κ1) is 26.9. The molecule has 1 aromatic heterocycles. The average molecular weight is 526 g/mol. The number of nitrogens with one attached hydrogen (secondary N) is 1. The van der Waals surface area contributed by atoms with Crippen molar-refractivity contribution in [2.45, 2.75) is 13.3 Å². The molecule has 0 bridgehead atoms. The van der Waals surface area contributed by atoms with Gasteiger partial charge in [-0.25, -0.2) is 4.39 Å². The largest absolute Gasteiger partial charge is 0.507 e. The van der Waals surface area contributed by atoms with Gasteiger partial charge in [-0.2, -0.15) is 0 Å². The number of phenols is 1. The fourth-order valence-electron chi connectivity index (χ4n) is 4.57. The maximum atomic E-state index is 14.9. The summed E-state index contributed by atoms with van der Waals surface area (Å²) < 4.78 is 14.9. The molecule has 37 heavy (non-hydrogen) atoms. The minimum Gasteiger partial charge on any atom is -0.507 e. The van der Waals surface area contributed by atoms with Crippen molar-refractivity contribution in [2.24, 2.45) is 0 Å². The number of aryl methyl sites for hydroxylation is 1. The van der Waals surface area contributed by atoms with Gasteiger partial charge in [0.15, 0.2) is 0 Å². The SMILES string of the molecule is CCc1ncc(-c2cc(F)cc(-c3ccc(N(C=O)CCN(C)C)c(Cl)c3)c2O)cc1N1CCNCC1. The number of benzene rings is 2. The molecule has 3 aromatic rings. The number of amides is 1. The number of hydrogen-bond donors (Lipinski definition) is 2. The Morgan fingerprint density at radius 1 is 1.11 bits per heavy atom. The lowest BCUT2D eigenvalue weighted by atomic mass is 9.96. The van der Waals surface area contributed by atoms with E-state index in [1.807, 2.05) is 25.1 Å². The second kappa shape index (κ2) is 11.9. The van der Waals surface area contributed by atoms with Crippen LogP contribution in [0.25, 0.3) is 22.3 Å². The van der Waals surface area contributed by atoms with Gasteiger partial charge < -0.3 is 25.1 Å². The molecule has 0 atom stereocenters. The molecular formula is C28H33ClFN5O2. The number of carbonyl (C=O) groups is 1. The number of halogens is 2. The Morgan fingerprint density at radius 3 is 2.43 bits per heavy atom. The van der Waals surface area contributed by atoms with Gasteiger partial charge in [0.2, 0.25) is 6.41 Å². The van der Waals surface area contributed by atoms with E-state index >= 15 is 0 Å². The highest BCUT2D eigenvalue weighted by molar-refractivity contribution is 6.34. The van der Waals surface area contributed by atoms with E-state index < -0.39 is 5.82 Å². The van der Waals surface area contributed by atoms with Gasteiger partial charge >= 0.3 is 0 Å². The van der Waals surface area contributed by atoms with Crippen LogP contribution in [-0.2, 0) is 11.2 Å². The second-order valence-electron chi connectivity index (χ2n) is 9.40. The van der Waals surface area contributed by atoms with Gasteiger partial charge in [-0.3, -0.25) is 9.78 Å². The number of carbonyl (C=O) groups excluding carboxylic acids is 1. The number of rotatable bonds is 9. The minimum absolute atomic E-state index is 0.0534. The Balaban J connectivity index is 1.72. The summed E-state index contributed by atoms with van der Waals surface area (Å²) in [5.74, 6) is -0.533. The van der Waals surface area contributed by atoms with Crippen LogP contribution in [0, 0.1) is 5.82 Å². The van der Waals surface area contributed by atoms with Crippen molar-refractivity contribution in [3.8, 4) is 28.0 Å². The normalized spacial score (nSPS) is 13.7. The van der Waals surface area contributed by atoms with Crippen LogP contribution in [0.1, 0.15) is 12.6 Å². The highest BCUT2D eigenvalue weighted by Gasteiger charge is 2.20. The highest BCUT2D eigenvalue weighted by Crippen LogP contribution is 2.41. The summed E-state index contributed by atoms with van der Waals surface area (Å²) in [5.41, 5.74) is 4.40. The van der Waals surface area contributed by atoms with Crippen LogP contribution in [0.4, 0.5) is 15.8 Å². The molecule has 1 amide bonds. The van der Waals surface area contributed by atoms with E-state index in [4.69, 9.17) is 11.6 Å². The van der Waals surface area contributed by atoms with E-state index in [0.717, 1.165) is 50.4 Å². The second-order valence-corrected chi connectivity index (χ2v) is 9.81. The van der Waals surface area contributed by atoms with Crippen molar-refractivity contribution in [3.63, 3.8) is 0 Å². The third-order valence-electron chi connectivity index (χ3n) is 6.61. The van der Waals surface area contributed by atoms with E-state index in [9.17, 15) is 14.3 Å². The first-order valence-corrected chi connectivity index (χ1v) is 12.8. The fraction of sp³-hybridized carbons (Fsp3) is 0.357. The number of nitrogens with zero attached hydrogens (tertiary/aromatic N) is 4. The molecule has 1 fully saturated rings. The van der Waals surface area contributed by atoms with Crippen molar-refractivity contribution in [1.82, 2.24) is 15.2 Å². The van der Waals surface area contributed by atoms with E-state index in [1.165, 1.54) is 17.0 Å². The lowest BCUT2D eigenvalue weighted by molar-refractivity contribution is -0.107. The first-order valence-electron chi connectivity index (χ1n) is 12.5. The molecule has 196 valence electrons. The van der Waals surface area contributed by atoms with Crippen LogP contribution in [0.5, 0.6) is 5.75 Å². The highest BCUT2D eigenvalue weighted by atomic mass is 35.5. The summed E-state index contributed by atoms with van der Waals surface area (Å²) in [6, 6.07) is 9.69. The number of phenolic OH excluding ortho intramolecular Hbond substituents is 1. The van der Waals surface area contributed by atoms with Crippen LogP contribution in [0.15, 0.2) is 42.6 Å². The quantitative estimate of drug-likeness (QED) is 0.403. The smallest absolute Gasteiger partial charge is 0.214 e. The van der Waals surface area contributed by atoms with Gasteiger partial charge in [0.25, 0.3) is 0 Å². The Bertz CT molecular complexity index is 1260. The van der Waals surface area contributed by atoms with Gasteiger partial charge in [0, 0.05) is 62.2 Å². The number of aromatic hydroxyl groups is 1. The summed E-state index contributed by atoms with van der Waals surface area (Å²) in [4.78, 5) is 22.1. The van der Waals surface area contributed by atoms with E-state index in [1.54, 1.807) is 24.4 Å². The number of pyridine rings is 1. The maximum absolute atomic E-state index is 14.9. The summed E-state index contributed by atoms with van der Waals surface area (Å²) in [6.45, 7) is 6.69. The fourth-order valence-corrected chi connectivity index (χ4v) is 4.85. The zero-order valence-electron chi connectivity index (χ0n) is 21.5. The van der Waals surface area contributed by atoms with E-state index in [0.29, 0.717) is 46.1 Å². The number of piperazine rings is 1. The Kier molecular flexibility index (Phi) is 8.63. The van der Waals surface area contributed by atoms with Crippen molar-refractivity contribution < 1.29 is 14.3 Å². The third-order valence-corrected chi connectivity index (χ3v) is 6.91. The molecule has 0 spiro atoms. The van der Waals surface area contributed by atoms with Crippen molar-refractivity contribution in [1.29, 1.82) is 0 Å². The van der Waals surface area contributed by atoms with Crippen LogP contribution < -0.4 is 15.1 Å². The van der Waals surface area contributed by atoms with Gasteiger partial charge in [-0.05, 0) is 56.4 Å².